The van der Waals surface area contributed by atoms with E-state index in [4.69, 9.17) is 4.74 Å². The minimum absolute atomic E-state index is 0.0526. The fraction of sp³-hybridized carbons (Fsp3) is 0.800. The Morgan fingerprint density at radius 1 is 1.43 bits per heavy atom. The lowest BCUT2D eigenvalue weighted by Crippen LogP contribution is -2.33. The largest absolute Gasteiger partial charge is 0.466 e. The molecule has 0 unspecified atom stereocenters. The molecule has 1 fully saturated rings. The molecule has 14 heavy (non-hydrogen) atoms. The third-order valence-corrected chi connectivity index (χ3v) is 2.25. The van der Waals surface area contributed by atoms with E-state index in [-0.39, 0.29) is 11.9 Å². The van der Waals surface area contributed by atoms with E-state index >= 15 is 0 Å². The Labute approximate surface area is 84.2 Å². The molecule has 0 N–H and O–H groups in total. The smallest absolute Gasteiger partial charge is 0.307 e. The predicted octanol–water partition coefficient (Wildman–Crippen LogP) is 0.950. The fourth-order valence-electron chi connectivity index (χ4n) is 1.43. The van der Waals surface area contributed by atoms with Gasteiger partial charge >= 0.3 is 5.97 Å². The van der Waals surface area contributed by atoms with Crippen molar-refractivity contribution in [3.8, 4) is 0 Å². The first-order valence-electron chi connectivity index (χ1n) is 5.08. The molecule has 0 aromatic heterocycles. The summed E-state index contributed by atoms with van der Waals surface area (Å²) < 4.78 is 4.80. The van der Waals surface area contributed by atoms with Crippen LogP contribution >= 0.6 is 0 Å². The second-order valence-electron chi connectivity index (χ2n) is 3.50. The Bertz CT molecular complexity index is 223. The average Bonchev–Trinajstić information content (AvgIpc) is 2.88. The lowest BCUT2D eigenvalue weighted by atomic mass is 10.3. The number of carbonyl (C=O) groups excluding carboxylic acids is 2. The molecule has 1 aliphatic carbocycles. The van der Waals surface area contributed by atoms with Gasteiger partial charge in [0.25, 0.3) is 0 Å². The van der Waals surface area contributed by atoms with Crippen molar-refractivity contribution in [2.75, 3.05) is 13.2 Å². The Morgan fingerprint density at radius 3 is 2.50 bits per heavy atom. The summed E-state index contributed by atoms with van der Waals surface area (Å²) in [5.41, 5.74) is 0. The maximum atomic E-state index is 11.2. The number of esters is 1. The maximum Gasteiger partial charge on any atom is 0.307 e. The van der Waals surface area contributed by atoms with Crippen molar-refractivity contribution in [1.29, 1.82) is 0 Å². The molecule has 0 aliphatic heterocycles. The van der Waals surface area contributed by atoms with Crippen LogP contribution in [0.4, 0.5) is 0 Å². The Kier molecular flexibility index (Phi) is 3.92. The van der Waals surface area contributed by atoms with Crippen LogP contribution in [0.3, 0.4) is 0 Å². The second-order valence-corrected chi connectivity index (χ2v) is 3.50. The quantitative estimate of drug-likeness (QED) is 0.619. The van der Waals surface area contributed by atoms with Crippen LogP contribution in [-0.4, -0.2) is 36.0 Å². The molecule has 80 valence electrons. The van der Waals surface area contributed by atoms with Gasteiger partial charge in [0.2, 0.25) is 5.91 Å². The summed E-state index contributed by atoms with van der Waals surface area (Å²) in [7, 11) is 0. The molecule has 1 rings (SSSR count). The van der Waals surface area contributed by atoms with Gasteiger partial charge < -0.3 is 9.64 Å². The highest BCUT2D eigenvalue weighted by Gasteiger charge is 2.30. The predicted molar refractivity (Wildman–Crippen MR) is 51.7 cm³/mol. The molecule has 0 aromatic carbocycles. The van der Waals surface area contributed by atoms with E-state index in [0.29, 0.717) is 25.6 Å². The molecule has 0 spiro atoms. The lowest BCUT2D eigenvalue weighted by Gasteiger charge is -2.19. The van der Waals surface area contributed by atoms with E-state index in [1.807, 2.05) is 0 Å². The van der Waals surface area contributed by atoms with Crippen molar-refractivity contribution < 1.29 is 14.3 Å². The Balaban J connectivity index is 2.26. The van der Waals surface area contributed by atoms with Crippen molar-refractivity contribution in [2.24, 2.45) is 0 Å². The molecule has 4 heteroatoms. The molecule has 1 aliphatic rings. The van der Waals surface area contributed by atoms with Crippen LogP contribution in [0.5, 0.6) is 0 Å². The standard InChI is InChI=1S/C10H17NO3/c1-3-14-10(13)6-7-11(8(2)12)9-4-5-9/h9H,3-7H2,1-2H3. The number of hydrogen-bond acceptors (Lipinski definition) is 3. The minimum Gasteiger partial charge on any atom is -0.466 e. The van der Waals surface area contributed by atoms with Crippen molar-refractivity contribution in [2.45, 2.75) is 39.2 Å². The Hall–Kier alpha value is -1.06. The molecule has 4 nitrogen and oxygen atoms in total. The lowest BCUT2D eigenvalue weighted by molar-refractivity contribution is -0.144. The van der Waals surface area contributed by atoms with E-state index in [1.54, 1.807) is 18.7 Å². The van der Waals surface area contributed by atoms with Gasteiger partial charge in [-0.05, 0) is 19.8 Å². The molecule has 1 saturated carbocycles. The zero-order valence-electron chi connectivity index (χ0n) is 8.78. The van der Waals surface area contributed by atoms with E-state index in [0.717, 1.165) is 12.8 Å². The molecule has 0 aromatic rings. The monoisotopic (exact) mass is 199 g/mol. The van der Waals surface area contributed by atoms with Gasteiger partial charge in [0.05, 0.1) is 13.0 Å². The maximum absolute atomic E-state index is 11.2. The zero-order chi connectivity index (χ0) is 10.6. The summed E-state index contributed by atoms with van der Waals surface area (Å²) in [6.45, 7) is 4.23. The molecular weight excluding hydrogens is 182 g/mol. The minimum atomic E-state index is -0.223. The third-order valence-electron chi connectivity index (χ3n) is 2.25. The summed E-state index contributed by atoms with van der Waals surface area (Å²) in [5, 5.41) is 0. The molecule has 0 heterocycles. The number of hydrogen-bond donors (Lipinski definition) is 0. The van der Waals surface area contributed by atoms with Gasteiger partial charge in [0.15, 0.2) is 0 Å². The number of nitrogens with zero attached hydrogens (tertiary/aromatic N) is 1. The molecule has 0 saturated heterocycles. The van der Waals surface area contributed by atoms with Crippen LogP contribution in [-0.2, 0) is 14.3 Å². The first-order chi connectivity index (χ1) is 6.65. The highest BCUT2D eigenvalue weighted by molar-refractivity contribution is 5.75. The van der Waals surface area contributed by atoms with Crippen molar-refractivity contribution in [1.82, 2.24) is 4.90 Å². The normalized spacial score (nSPS) is 15.0. The summed E-state index contributed by atoms with van der Waals surface area (Å²) in [6.07, 6.45) is 2.45. The van der Waals surface area contributed by atoms with E-state index in [2.05, 4.69) is 0 Å². The average molecular weight is 199 g/mol. The first-order valence-corrected chi connectivity index (χ1v) is 5.08. The van der Waals surface area contributed by atoms with Crippen LogP contribution in [0.15, 0.2) is 0 Å². The first kappa shape index (κ1) is 11.0. The Morgan fingerprint density at radius 2 is 2.07 bits per heavy atom. The van der Waals surface area contributed by atoms with Gasteiger partial charge in [-0.1, -0.05) is 0 Å². The summed E-state index contributed by atoms with van der Waals surface area (Å²) in [4.78, 5) is 24.0. The summed E-state index contributed by atoms with van der Waals surface area (Å²) in [6, 6.07) is 0.377. The number of amides is 1. The summed E-state index contributed by atoms with van der Waals surface area (Å²) >= 11 is 0. The van der Waals surface area contributed by atoms with Crippen LogP contribution in [0.25, 0.3) is 0 Å². The van der Waals surface area contributed by atoms with Crippen molar-refractivity contribution >= 4 is 11.9 Å². The van der Waals surface area contributed by atoms with E-state index < -0.39 is 0 Å². The highest BCUT2D eigenvalue weighted by atomic mass is 16.5. The zero-order valence-corrected chi connectivity index (χ0v) is 8.78. The van der Waals surface area contributed by atoms with Gasteiger partial charge in [-0.3, -0.25) is 9.59 Å². The molecule has 0 bridgehead atoms. The van der Waals surface area contributed by atoms with Crippen LogP contribution in [0.2, 0.25) is 0 Å². The highest BCUT2D eigenvalue weighted by Crippen LogP contribution is 2.26. The number of carbonyl (C=O) groups is 2. The van der Waals surface area contributed by atoms with Gasteiger partial charge in [-0.2, -0.15) is 0 Å². The molecular formula is C10H17NO3. The van der Waals surface area contributed by atoms with Crippen molar-refractivity contribution in [3.05, 3.63) is 0 Å². The number of rotatable bonds is 5. The molecule has 0 radical (unpaired) electrons. The van der Waals surface area contributed by atoms with Crippen LogP contribution < -0.4 is 0 Å². The van der Waals surface area contributed by atoms with Gasteiger partial charge in [0.1, 0.15) is 0 Å². The molecule has 0 atom stereocenters. The van der Waals surface area contributed by atoms with Crippen LogP contribution in [0, 0.1) is 0 Å². The summed E-state index contributed by atoms with van der Waals surface area (Å²) in [5.74, 6) is -0.170. The van der Waals surface area contributed by atoms with Gasteiger partial charge in [0, 0.05) is 19.5 Å². The third kappa shape index (κ3) is 3.36. The van der Waals surface area contributed by atoms with Crippen molar-refractivity contribution in [3.63, 3.8) is 0 Å². The number of ether oxygens (including phenoxy) is 1. The van der Waals surface area contributed by atoms with E-state index in [1.165, 1.54) is 0 Å². The SMILES string of the molecule is CCOC(=O)CCN(C(C)=O)C1CC1. The van der Waals surface area contributed by atoms with Crippen LogP contribution in [0.1, 0.15) is 33.1 Å². The van der Waals surface area contributed by atoms with Gasteiger partial charge in [-0.15, -0.1) is 0 Å². The van der Waals surface area contributed by atoms with Gasteiger partial charge in [-0.25, -0.2) is 0 Å². The fourth-order valence-corrected chi connectivity index (χ4v) is 1.43. The topological polar surface area (TPSA) is 46.6 Å². The second kappa shape index (κ2) is 4.98. The molecule has 1 amide bonds. The van der Waals surface area contributed by atoms with E-state index in [9.17, 15) is 9.59 Å².